The van der Waals surface area contributed by atoms with E-state index in [4.69, 9.17) is 9.47 Å². The number of hydrogen-bond acceptors (Lipinski definition) is 5. The lowest BCUT2D eigenvalue weighted by atomic mass is 10.1. The molecule has 0 fully saturated rings. The molecule has 26 heavy (non-hydrogen) atoms. The Morgan fingerprint density at radius 1 is 1.23 bits per heavy atom. The Labute approximate surface area is 161 Å². The Kier molecular flexibility index (Phi) is 7.03. The second-order valence-corrected chi connectivity index (χ2v) is 6.52. The number of phenolic OH excluding ortho intramolecular Hbond substituents is 1. The molecule has 0 aliphatic carbocycles. The third-order valence-corrected chi connectivity index (χ3v) is 4.07. The third kappa shape index (κ3) is 5.49. The maximum Gasteiger partial charge on any atom is 0.277 e. The molecule has 1 amide bonds. The number of hydrazone groups is 1. The minimum absolute atomic E-state index is 0.0422. The van der Waals surface area contributed by atoms with Crippen molar-refractivity contribution in [2.24, 2.45) is 5.10 Å². The molecule has 0 saturated carbocycles. The minimum atomic E-state index is -0.404. The molecule has 0 unspecified atom stereocenters. The average Bonchev–Trinajstić information content (AvgIpc) is 2.60. The number of benzene rings is 2. The van der Waals surface area contributed by atoms with Gasteiger partial charge in [0.1, 0.15) is 5.75 Å². The van der Waals surface area contributed by atoms with E-state index < -0.39 is 5.91 Å². The van der Waals surface area contributed by atoms with Crippen LogP contribution in [0.3, 0.4) is 0 Å². The van der Waals surface area contributed by atoms with E-state index >= 15 is 0 Å². The highest BCUT2D eigenvalue weighted by Gasteiger charge is 2.09. The van der Waals surface area contributed by atoms with E-state index in [0.29, 0.717) is 23.7 Å². The standard InChI is InChI=1S/C19H21BrN2O4/c1-4-25-17-9-15(20)8-14(19(17)24)10-21-22-18(23)11-26-16-6-5-12(2)13(3)7-16/h5-10,24H,4,11H2,1-3H3,(H,22,23)/b21-10-. The molecule has 0 aliphatic heterocycles. The molecule has 0 saturated heterocycles. The van der Waals surface area contributed by atoms with Crippen LogP contribution in [0.2, 0.25) is 0 Å². The molecule has 0 atom stereocenters. The number of carbonyl (C=O) groups excluding carboxylic acids is 1. The summed E-state index contributed by atoms with van der Waals surface area (Å²) in [6.07, 6.45) is 1.34. The molecule has 0 aromatic heterocycles. The molecule has 2 aromatic carbocycles. The number of phenols is 1. The fourth-order valence-electron chi connectivity index (χ4n) is 2.12. The molecule has 6 nitrogen and oxygen atoms in total. The van der Waals surface area contributed by atoms with Crippen LogP contribution in [0.5, 0.6) is 17.2 Å². The van der Waals surface area contributed by atoms with Crippen LogP contribution < -0.4 is 14.9 Å². The highest BCUT2D eigenvalue weighted by molar-refractivity contribution is 9.10. The number of halogens is 1. The average molecular weight is 421 g/mol. The molecule has 0 aliphatic rings. The van der Waals surface area contributed by atoms with E-state index in [0.717, 1.165) is 15.6 Å². The van der Waals surface area contributed by atoms with Gasteiger partial charge in [0.05, 0.1) is 12.8 Å². The number of amides is 1. The maximum absolute atomic E-state index is 11.8. The van der Waals surface area contributed by atoms with Crippen molar-refractivity contribution in [3.8, 4) is 17.2 Å². The maximum atomic E-state index is 11.8. The predicted octanol–water partition coefficient (Wildman–Crippen LogP) is 3.70. The van der Waals surface area contributed by atoms with E-state index in [1.54, 1.807) is 12.1 Å². The third-order valence-electron chi connectivity index (χ3n) is 3.61. The van der Waals surface area contributed by atoms with Gasteiger partial charge in [-0.05, 0) is 56.2 Å². The van der Waals surface area contributed by atoms with Crippen molar-refractivity contribution >= 4 is 28.1 Å². The van der Waals surface area contributed by atoms with E-state index in [9.17, 15) is 9.90 Å². The Hall–Kier alpha value is -2.54. The van der Waals surface area contributed by atoms with E-state index in [-0.39, 0.29) is 12.4 Å². The van der Waals surface area contributed by atoms with Crippen LogP contribution in [0.25, 0.3) is 0 Å². The summed E-state index contributed by atoms with van der Waals surface area (Å²) in [7, 11) is 0. The van der Waals surface area contributed by atoms with Crippen molar-refractivity contribution < 1.29 is 19.4 Å². The minimum Gasteiger partial charge on any atom is -0.504 e. The van der Waals surface area contributed by atoms with Crippen molar-refractivity contribution in [2.75, 3.05) is 13.2 Å². The number of rotatable bonds is 7. The lowest BCUT2D eigenvalue weighted by Gasteiger charge is -2.09. The smallest absolute Gasteiger partial charge is 0.277 e. The first-order valence-corrected chi connectivity index (χ1v) is 8.87. The highest BCUT2D eigenvalue weighted by atomic mass is 79.9. The fraction of sp³-hybridized carbons (Fsp3) is 0.263. The molecule has 0 heterocycles. The van der Waals surface area contributed by atoms with Gasteiger partial charge in [-0.1, -0.05) is 22.0 Å². The van der Waals surface area contributed by atoms with Crippen molar-refractivity contribution in [3.05, 3.63) is 51.5 Å². The van der Waals surface area contributed by atoms with Gasteiger partial charge in [0.25, 0.3) is 5.91 Å². The SMILES string of the molecule is CCOc1cc(Br)cc(/C=N\NC(=O)COc2ccc(C)c(C)c2)c1O. The van der Waals surface area contributed by atoms with E-state index in [1.807, 2.05) is 39.0 Å². The van der Waals surface area contributed by atoms with Gasteiger partial charge in [-0.3, -0.25) is 4.79 Å². The van der Waals surface area contributed by atoms with Crippen LogP contribution in [0.4, 0.5) is 0 Å². The molecule has 2 N–H and O–H groups in total. The van der Waals surface area contributed by atoms with Gasteiger partial charge < -0.3 is 14.6 Å². The monoisotopic (exact) mass is 420 g/mol. The Balaban J connectivity index is 1.93. The van der Waals surface area contributed by atoms with Crippen LogP contribution in [0.15, 0.2) is 39.9 Å². The number of aryl methyl sites for hydroxylation is 2. The molecule has 7 heteroatoms. The largest absolute Gasteiger partial charge is 0.504 e. The molecule has 2 aromatic rings. The van der Waals surface area contributed by atoms with Gasteiger partial charge in [0, 0.05) is 10.0 Å². The highest BCUT2D eigenvalue weighted by Crippen LogP contribution is 2.32. The molecule has 0 radical (unpaired) electrons. The zero-order valence-electron chi connectivity index (χ0n) is 14.9. The second-order valence-electron chi connectivity index (χ2n) is 5.60. The first-order valence-electron chi connectivity index (χ1n) is 8.08. The molecular formula is C19H21BrN2O4. The Morgan fingerprint density at radius 2 is 2.00 bits per heavy atom. The van der Waals surface area contributed by atoms with Crippen LogP contribution in [-0.2, 0) is 4.79 Å². The van der Waals surface area contributed by atoms with Gasteiger partial charge in [-0.15, -0.1) is 0 Å². The number of carbonyl (C=O) groups is 1. The van der Waals surface area contributed by atoms with Gasteiger partial charge in [0.2, 0.25) is 0 Å². The van der Waals surface area contributed by atoms with Gasteiger partial charge in [-0.25, -0.2) is 5.43 Å². The first kappa shape index (κ1) is 19.8. The normalized spacial score (nSPS) is 10.8. The summed E-state index contributed by atoms with van der Waals surface area (Å²) in [6.45, 7) is 6.08. The molecule has 138 valence electrons. The number of aromatic hydroxyl groups is 1. The molecular weight excluding hydrogens is 400 g/mol. The molecule has 0 spiro atoms. The quantitative estimate of drug-likeness (QED) is 0.528. The summed E-state index contributed by atoms with van der Waals surface area (Å²) in [4.78, 5) is 11.8. The summed E-state index contributed by atoms with van der Waals surface area (Å²) in [5.41, 5.74) is 5.03. The van der Waals surface area contributed by atoms with Crippen molar-refractivity contribution in [2.45, 2.75) is 20.8 Å². The molecule has 2 rings (SSSR count). The molecule has 0 bridgehead atoms. The lowest BCUT2D eigenvalue weighted by Crippen LogP contribution is -2.24. The summed E-state index contributed by atoms with van der Waals surface area (Å²) in [5, 5.41) is 14.0. The zero-order chi connectivity index (χ0) is 19.1. The number of nitrogens with zero attached hydrogens (tertiary/aromatic N) is 1. The van der Waals surface area contributed by atoms with Crippen LogP contribution in [0, 0.1) is 13.8 Å². The first-order chi connectivity index (χ1) is 12.4. The van der Waals surface area contributed by atoms with Crippen molar-refractivity contribution in [1.29, 1.82) is 0 Å². The fourth-order valence-corrected chi connectivity index (χ4v) is 2.57. The summed E-state index contributed by atoms with van der Waals surface area (Å²) in [6, 6.07) is 8.95. The van der Waals surface area contributed by atoms with Crippen molar-refractivity contribution in [1.82, 2.24) is 5.43 Å². The van der Waals surface area contributed by atoms with Crippen LogP contribution in [0.1, 0.15) is 23.6 Å². The topological polar surface area (TPSA) is 80.2 Å². The summed E-state index contributed by atoms with van der Waals surface area (Å²) < 4.78 is 11.5. The van der Waals surface area contributed by atoms with E-state index in [2.05, 4.69) is 26.5 Å². The Bertz CT molecular complexity index is 821. The van der Waals surface area contributed by atoms with Crippen LogP contribution >= 0.6 is 15.9 Å². The predicted molar refractivity (Wildman–Crippen MR) is 104 cm³/mol. The lowest BCUT2D eigenvalue weighted by molar-refractivity contribution is -0.123. The number of nitrogens with one attached hydrogen (secondary N) is 1. The summed E-state index contributed by atoms with van der Waals surface area (Å²) in [5.74, 6) is 0.518. The zero-order valence-corrected chi connectivity index (χ0v) is 16.5. The summed E-state index contributed by atoms with van der Waals surface area (Å²) >= 11 is 3.34. The Morgan fingerprint density at radius 3 is 2.69 bits per heavy atom. The van der Waals surface area contributed by atoms with Crippen LogP contribution in [-0.4, -0.2) is 30.4 Å². The number of ether oxygens (including phenoxy) is 2. The van der Waals surface area contributed by atoms with Crippen molar-refractivity contribution in [3.63, 3.8) is 0 Å². The second kappa shape index (κ2) is 9.24. The number of hydrogen-bond donors (Lipinski definition) is 2. The van der Waals surface area contributed by atoms with Gasteiger partial charge in [0.15, 0.2) is 18.1 Å². The van der Waals surface area contributed by atoms with E-state index in [1.165, 1.54) is 6.21 Å². The van der Waals surface area contributed by atoms with Gasteiger partial charge >= 0.3 is 0 Å². The van der Waals surface area contributed by atoms with Gasteiger partial charge in [-0.2, -0.15) is 5.10 Å².